The zero-order valence-corrected chi connectivity index (χ0v) is 7.88. The van der Waals surface area contributed by atoms with E-state index in [0.29, 0.717) is 5.15 Å². The van der Waals surface area contributed by atoms with Crippen molar-refractivity contribution in [1.82, 2.24) is 4.98 Å². The van der Waals surface area contributed by atoms with Crippen LogP contribution in [0.5, 0.6) is 0 Å². The first kappa shape index (κ1) is 9.49. The highest BCUT2D eigenvalue weighted by Crippen LogP contribution is 2.07. The maximum absolute atomic E-state index is 5.64. The molecule has 0 saturated heterocycles. The van der Waals surface area contributed by atoms with Gasteiger partial charge in [-0.1, -0.05) is 17.7 Å². The second-order valence-electron chi connectivity index (χ2n) is 3.01. The van der Waals surface area contributed by atoms with Gasteiger partial charge < -0.3 is 5.73 Å². The van der Waals surface area contributed by atoms with Gasteiger partial charge in [-0.05, 0) is 31.4 Å². The molecule has 2 N–H and O–H groups in total. The van der Waals surface area contributed by atoms with Gasteiger partial charge in [0.1, 0.15) is 5.15 Å². The molecule has 3 heteroatoms. The van der Waals surface area contributed by atoms with Crippen molar-refractivity contribution in [3.63, 3.8) is 0 Å². The fourth-order valence-corrected chi connectivity index (χ4v) is 1.06. The van der Waals surface area contributed by atoms with Crippen LogP contribution in [0.15, 0.2) is 18.3 Å². The summed E-state index contributed by atoms with van der Waals surface area (Å²) in [6.07, 6.45) is 3.76. The predicted octanol–water partition coefficient (Wildman–Crippen LogP) is 2.01. The number of hydrogen-bond donors (Lipinski definition) is 1. The van der Waals surface area contributed by atoms with Gasteiger partial charge in [-0.3, -0.25) is 0 Å². The largest absolute Gasteiger partial charge is 0.328 e. The second kappa shape index (κ2) is 4.43. The summed E-state index contributed by atoms with van der Waals surface area (Å²) in [6.45, 7) is 2.00. The summed E-state index contributed by atoms with van der Waals surface area (Å²) in [4.78, 5) is 3.98. The van der Waals surface area contributed by atoms with Crippen LogP contribution in [-0.4, -0.2) is 11.0 Å². The zero-order valence-electron chi connectivity index (χ0n) is 7.13. The Balaban J connectivity index is 2.48. The third kappa shape index (κ3) is 3.20. The van der Waals surface area contributed by atoms with Gasteiger partial charge >= 0.3 is 0 Å². The summed E-state index contributed by atoms with van der Waals surface area (Å²) in [6, 6.07) is 4.04. The van der Waals surface area contributed by atoms with Gasteiger partial charge in [0.25, 0.3) is 0 Å². The third-order valence-electron chi connectivity index (χ3n) is 1.68. The predicted molar refractivity (Wildman–Crippen MR) is 51.2 cm³/mol. The van der Waals surface area contributed by atoms with Crippen molar-refractivity contribution < 1.29 is 0 Å². The van der Waals surface area contributed by atoms with Crippen LogP contribution in [0.1, 0.15) is 18.9 Å². The van der Waals surface area contributed by atoms with Crippen LogP contribution in [-0.2, 0) is 6.42 Å². The Bertz CT molecular complexity index is 231. The Morgan fingerprint density at radius 2 is 2.33 bits per heavy atom. The maximum atomic E-state index is 5.64. The number of halogens is 1. The molecule has 2 nitrogen and oxygen atoms in total. The van der Waals surface area contributed by atoms with Gasteiger partial charge in [-0.2, -0.15) is 0 Å². The van der Waals surface area contributed by atoms with E-state index in [2.05, 4.69) is 4.98 Å². The molecule has 0 unspecified atom stereocenters. The van der Waals surface area contributed by atoms with Crippen molar-refractivity contribution in [3.05, 3.63) is 29.0 Å². The van der Waals surface area contributed by atoms with Crippen molar-refractivity contribution >= 4 is 11.6 Å². The zero-order chi connectivity index (χ0) is 8.97. The van der Waals surface area contributed by atoms with E-state index >= 15 is 0 Å². The summed E-state index contributed by atoms with van der Waals surface area (Å²) >= 11 is 5.64. The molecule has 66 valence electrons. The van der Waals surface area contributed by atoms with E-state index in [1.165, 1.54) is 5.56 Å². The number of pyridine rings is 1. The molecule has 12 heavy (non-hydrogen) atoms. The normalized spacial score (nSPS) is 12.9. The number of aromatic nitrogens is 1. The summed E-state index contributed by atoms with van der Waals surface area (Å²) in [5.74, 6) is 0. The number of nitrogens with two attached hydrogens (primary N) is 1. The van der Waals surface area contributed by atoms with Crippen molar-refractivity contribution in [2.45, 2.75) is 25.8 Å². The molecule has 1 atom stereocenters. The number of rotatable bonds is 3. The fourth-order valence-electron chi connectivity index (χ4n) is 0.949. The lowest BCUT2D eigenvalue weighted by Gasteiger charge is -2.03. The Hall–Kier alpha value is -0.600. The standard InChI is InChI=1S/C9H13ClN2/c1-7(11)2-3-8-4-5-9(10)12-6-8/h4-7H,2-3,11H2,1H3/t7-/m1/s1. The molecule has 0 aromatic carbocycles. The van der Waals surface area contributed by atoms with Gasteiger partial charge in [-0.15, -0.1) is 0 Å². The van der Waals surface area contributed by atoms with Crippen molar-refractivity contribution in [2.75, 3.05) is 0 Å². The minimum Gasteiger partial charge on any atom is -0.328 e. The molecule has 1 aromatic rings. The highest BCUT2D eigenvalue weighted by atomic mass is 35.5. The van der Waals surface area contributed by atoms with Gasteiger partial charge in [0.05, 0.1) is 0 Å². The van der Waals surface area contributed by atoms with Crippen LogP contribution in [0.25, 0.3) is 0 Å². The SMILES string of the molecule is C[C@@H](N)CCc1ccc(Cl)nc1. The van der Waals surface area contributed by atoms with Gasteiger partial charge in [-0.25, -0.2) is 4.98 Å². The van der Waals surface area contributed by atoms with Crippen LogP contribution >= 0.6 is 11.6 Å². The molecular formula is C9H13ClN2. The Morgan fingerprint density at radius 3 is 2.83 bits per heavy atom. The topological polar surface area (TPSA) is 38.9 Å². The van der Waals surface area contributed by atoms with Gasteiger partial charge in [0.15, 0.2) is 0 Å². The summed E-state index contributed by atoms with van der Waals surface area (Å²) in [5.41, 5.74) is 6.82. The van der Waals surface area contributed by atoms with E-state index in [9.17, 15) is 0 Å². The minimum absolute atomic E-state index is 0.251. The smallest absolute Gasteiger partial charge is 0.129 e. The molecule has 0 aliphatic carbocycles. The van der Waals surface area contributed by atoms with E-state index in [4.69, 9.17) is 17.3 Å². The van der Waals surface area contributed by atoms with E-state index in [1.54, 1.807) is 12.3 Å². The average Bonchev–Trinajstić information content (AvgIpc) is 2.03. The Morgan fingerprint density at radius 1 is 1.58 bits per heavy atom. The molecule has 0 bridgehead atoms. The summed E-state index contributed by atoms with van der Waals surface area (Å²) in [5, 5.41) is 0.541. The maximum Gasteiger partial charge on any atom is 0.129 e. The molecule has 1 rings (SSSR count). The highest BCUT2D eigenvalue weighted by molar-refractivity contribution is 6.29. The molecule has 0 amide bonds. The lowest BCUT2D eigenvalue weighted by Crippen LogP contribution is -2.15. The van der Waals surface area contributed by atoms with E-state index in [1.807, 2.05) is 13.0 Å². The van der Waals surface area contributed by atoms with Crippen LogP contribution in [0.2, 0.25) is 5.15 Å². The van der Waals surface area contributed by atoms with Crippen LogP contribution in [0.4, 0.5) is 0 Å². The van der Waals surface area contributed by atoms with E-state index in [-0.39, 0.29) is 6.04 Å². The second-order valence-corrected chi connectivity index (χ2v) is 3.39. The number of hydrogen-bond acceptors (Lipinski definition) is 2. The molecule has 0 fully saturated rings. The minimum atomic E-state index is 0.251. The molecule has 0 saturated carbocycles. The molecule has 1 aromatic heterocycles. The first-order valence-corrected chi connectivity index (χ1v) is 4.42. The Labute approximate surface area is 77.8 Å². The summed E-state index contributed by atoms with van der Waals surface area (Å²) in [7, 11) is 0. The molecule has 0 aliphatic rings. The van der Waals surface area contributed by atoms with Crippen LogP contribution in [0.3, 0.4) is 0 Å². The monoisotopic (exact) mass is 184 g/mol. The first-order valence-electron chi connectivity index (χ1n) is 4.04. The number of nitrogens with zero attached hydrogens (tertiary/aromatic N) is 1. The third-order valence-corrected chi connectivity index (χ3v) is 1.90. The van der Waals surface area contributed by atoms with Gasteiger partial charge in [0.2, 0.25) is 0 Å². The molecule has 0 radical (unpaired) electrons. The van der Waals surface area contributed by atoms with Crippen LogP contribution < -0.4 is 5.73 Å². The quantitative estimate of drug-likeness (QED) is 0.730. The Kier molecular flexibility index (Phi) is 3.50. The van der Waals surface area contributed by atoms with Crippen LogP contribution in [0, 0.1) is 0 Å². The van der Waals surface area contributed by atoms with E-state index < -0.39 is 0 Å². The molecule has 0 spiro atoms. The fraction of sp³-hybridized carbons (Fsp3) is 0.444. The lowest BCUT2D eigenvalue weighted by atomic mass is 10.1. The lowest BCUT2D eigenvalue weighted by molar-refractivity contribution is 0.665. The first-order chi connectivity index (χ1) is 5.68. The van der Waals surface area contributed by atoms with Crippen molar-refractivity contribution in [1.29, 1.82) is 0 Å². The highest BCUT2D eigenvalue weighted by Gasteiger charge is 1.97. The molecule has 0 aliphatic heterocycles. The average molecular weight is 185 g/mol. The van der Waals surface area contributed by atoms with E-state index in [0.717, 1.165) is 12.8 Å². The molecule has 1 heterocycles. The van der Waals surface area contributed by atoms with Gasteiger partial charge in [0, 0.05) is 12.2 Å². The van der Waals surface area contributed by atoms with Crippen molar-refractivity contribution in [2.24, 2.45) is 5.73 Å². The number of aryl methyl sites for hydroxylation is 1. The molecular weight excluding hydrogens is 172 g/mol. The summed E-state index contributed by atoms with van der Waals surface area (Å²) < 4.78 is 0. The van der Waals surface area contributed by atoms with Crippen molar-refractivity contribution in [3.8, 4) is 0 Å².